The van der Waals surface area contributed by atoms with Gasteiger partial charge in [0.05, 0.1) is 0 Å². The zero-order valence-electron chi connectivity index (χ0n) is 2.76. The van der Waals surface area contributed by atoms with Crippen molar-refractivity contribution in [3.8, 4) is 0 Å². The van der Waals surface area contributed by atoms with Gasteiger partial charge in [-0.05, 0) is 0 Å². The Bertz CT molecular complexity index is 32.6. The number of hydrogen-bond acceptors (Lipinski definition) is 1. The summed E-state index contributed by atoms with van der Waals surface area (Å²) in [6.07, 6.45) is 0. The van der Waals surface area contributed by atoms with Crippen molar-refractivity contribution in [2.24, 2.45) is 0 Å². The van der Waals surface area contributed by atoms with Crippen molar-refractivity contribution in [1.82, 2.24) is 0 Å². The summed E-state index contributed by atoms with van der Waals surface area (Å²) in [4.78, 5) is 9.31. The van der Waals surface area contributed by atoms with Crippen LogP contribution in [0.5, 0.6) is 0 Å². The summed E-state index contributed by atoms with van der Waals surface area (Å²) >= 11 is 3.33. The van der Waals surface area contributed by atoms with E-state index in [1.54, 1.807) is 0 Å². The predicted octanol–water partition coefficient (Wildman–Crippen LogP) is 0.0819. The molecule has 0 aromatic rings. The van der Waals surface area contributed by atoms with Crippen molar-refractivity contribution >= 4 is 34.8 Å². The van der Waals surface area contributed by atoms with E-state index in [9.17, 15) is 4.79 Å². The predicted molar refractivity (Wildman–Crippen MR) is 25.4 cm³/mol. The van der Waals surface area contributed by atoms with Gasteiger partial charge in [0.1, 0.15) is 0 Å². The van der Waals surface area contributed by atoms with Gasteiger partial charge in [0.2, 0.25) is 0 Å². The Hall–Kier alpha value is 0.539. The Labute approximate surface area is 47.0 Å². The summed E-state index contributed by atoms with van der Waals surface area (Å²) in [5, 5.41) is -0.139. The Balaban J connectivity index is 0. The molecular formula is C2H4OSSe. The largest absolute Gasteiger partial charge is 0.288 e. The zero-order chi connectivity index (χ0) is 3.58. The van der Waals surface area contributed by atoms with Gasteiger partial charge in [-0.25, -0.2) is 0 Å². The second-order valence-corrected chi connectivity index (χ2v) is 1.15. The first-order valence-corrected chi connectivity index (χ1v) is 1.37. The molecule has 0 aliphatic rings. The molecule has 0 heterocycles. The smallest absolute Gasteiger partial charge is 0.182 e. The molecule has 3 heteroatoms. The van der Waals surface area contributed by atoms with Crippen LogP contribution in [0.3, 0.4) is 0 Å². The fourth-order valence-electron chi connectivity index (χ4n) is 0. The first-order chi connectivity index (χ1) is 1.73. The minimum Gasteiger partial charge on any atom is -0.288 e. The molecule has 5 heavy (non-hydrogen) atoms. The third kappa shape index (κ3) is 101. The Morgan fingerprint density at radius 3 is 1.80 bits per heavy atom. The minimum absolute atomic E-state index is 0. The van der Waals surface area contributed by atoms with Gasteiger partial charge in [0.25, 0.3) is 0 Å². The van der Waals surface area contributed by atoms with Crippen LogP contribution < -0.4 is 0 Å². The molecule has 2 radical (unpaired) electrons. The van der Waals surface area contributed by atoms with Crippen LogP contribution in [0.4, 0.5) is 0 Å². The van der Waals surface area contributed by atoms with Crippen LogP contribution in [0.15, 0.2) is 0 Å². The number of carbonyl (C=O) groups is 1. The van der Waals surface area contributed by atoms with E-state index in [1.807, 2.05) is 0 Å². The molecule has 0 atom stereocenters. The van der Waals surface area contributed by atoms with Crippen molar-refractivity contribution in [2.45, 2.75) is 6.92 Å². The van der Waals surface area contributed by atoms with E-state index in [2.05, 4.69) is 12.6 Å². The first kappa shape index (κ1) is 9.11. The number of carbonyl (C=O) groups excluding carboxylic acids is 1. The molecule has 0 saturated carbocycles. The van der Waals surface area contributed by atoms with Crippen molar-refractivity contribution in [3.05, 3.63) is 0 Å². The molecule has 0 N–H and O–H groups in total. The molecule has 0 aromatic carbocycles. The Morgan fingerprint density at radius 1 is 1.80 bits per heavy atom. The quantitative estimate of drug-likeness (QED) is 0.387. The number of thiol groups is 1. The molecule has 0 rings (SSSR count). The molecular weight excluding hydrogens is 151 g/mol. The summed E-state index contributed by atoms with van der Waals surface area (Å²) in [5.41, 5.74) is 0. The Kier molecular flexibility index (Phi) is 8.27. The maximum atomic E-state index is 9.31. The van der Waals surface area contributed by atoms with E-state index >= 15 is 0 Å². The van der Waals surface area contributed by atoms with E-state index in [-0.39, 0.29) is 22.2 Å². The molecule has 0 aliphatic carbocycles. The SMILES string of the molecule is CC(=O)S.[Se]. The van der Waals surface area contributed by atoms with Crippen LogP contribution in [-0.4, -0.2) is 22.2 Å². The van der Waals surface area contributed by atoms with Gasteiger partial charge in [0.15, 0.2) is 5.12 Å². The molecule has 1 nitrogen and oxygen atoms in total. The fraction of sp³-hybridized carbons (Fsp3) is 0.500. The van der Waals surface area contributed by atoms with E-state index in [0.29, 0.717) is 0 Å². The molecule has 0 spiro atoms. The summed E-state index contributed by atoms with van der Waals surface area (Å²) in [6.45, 7) is 1.39. The average molecular weight is 155 g/mol. The second kappa shape index (κ2) is 4.54. The third-order valence-electron chi connectivity index (χ3n) is 0. The van der Waals surface area contributed by atoms with Gasteiger partial charge in [-0.2, -0.15) is 0 Å². The normalized spacial score (nSPS) is 5.20. The second-order valence-electron chi connectivity index (χ2n) is 0.519. The monoisotopic (exact) mass is 156 g/mol. The molecule has 0 bridgehead atoms. The van der Waals surface area contributed by atoms with Crippen molar-refractivity contribution < 1.29 is 4.79 Å². The third-order valence-corrected chi connectivity index (χ3v) is 0. The summed E-state index contributed by atoms with van der Waals surface area (Å²) in [7, 11) is 0. The molecule has 0 unspecified atom stereocenters. The van der Waals surface area contributed by atoms with Crippen LogP contribution in [0, 0.1) is 0 Å². The molecule has 0 aliphatic heterocycles. The van der Waals surface area contributed by atoms with Crippen LogP contribution in [0.1, 0.15) is 6.92 Å². The van der Waals surface area contributed by atoms with Crippen LogP contribution in [-0.2, 0) is 4.79 Å². The molecule has 0 fully saturated rings. The molecule has 30 valence electrons. The van der Waals surface area contributed by atoms with E-state index in [4.69, 9.17) is 0 Å². The zero-order valence-corrected chi connectivity index (χ0v) is 5.37. The topological polar surface area (TPSA) is 17.1 Å². The van der Waals surface area contributed by atoms with Crippen LogP contribution in [0.25, 0.3) is 0 Å². The van der Waals surface area contributed by atoms with E-state index in [1.165, 1.54) is 6.92 Å². The summed E-state index contributed by atoms with van der Waals surface area (Å²) < 4.78 is 0. The van der Waals surface area contributed by atoms with Crippen molar-refractivity contribution in [3.63, 3.8) is 0 Å². The van der Waals surface area contributed by atoms with Gasteiger partial charge < -0.3 is 0 Å². The maximum Gasteiger partial charge on any atom is 0.182 e. The van der Waals surface area contributed by atoms with E-state index < -0.39 is 0 Å². The molecule has 0 amide bonds. The van der Waals surface area contributed by atoms with Crippen LogP contribution >= 0.6 is 12.6 Å². The number of hydrogen-bond donors (Lipinski definition) is 1. The molecule has 0 aromatic heterocycles. The number of rotatable bonds is 0. The standard InChI is InChI=1S/C2H4OS.Se/c1-2(3)4;/h1H3,(H,3,4);. The van der Waals surface area contributed by atoms with Gasteiger partial charge in [-0.3, -0.25) is 4.79 Å². The van der Waals surface area contributed by atoms with Crippen molar-refractivity contribution in [2.75, 3.05) is 0 Å². The van der Waals surface area contributed by atoms with Gasteiger partial charge in [0, 0.05) is 24.0 Å². The maximum absolute atomic E-state index is 9.31. The van der Waals surface area contributed by atoms with Gasteiger partial charge in [-0.15, -0.1) is 12.6 Å². The Morgan fingerprint density at radius 2 is 1.80 bits per heavy atom. The van der Waals surface area contributed by atoms with Gasteiger partial charge >= 0.3 is 0 Å². The molecule has 0 saturated heterocycles. The summed E-state index contributed by atoms with van der Waals surface area (Å²) in [5.74, 6) is 0. The van der Waals surface area contributed by atoms with Gasteiger partial charge in [-0.1, -0.05) is 0 Å². The van der Waals surface area contributed by atoms with Crippen LogP contribution in [0.2, 0.25) is 0 Å². The summed E-state index contributed by atoms with van der Waals surface area (Å²) in [6, 6.07) is 0. The van der Waals surface area contributed by atoms with E-state index in [0.717, 1.165) is 0 Å². The van der Waals surface area contributed by atoms with Crippen molar-refractivity contribution in [1.29, 1.82) is 0 Å². The average Bonchev–Trinajstić information content (AvgIpc) is 0.811. The first-order valence-electron chi connectivity index (χ1n) is 0.928. The fourth-order valence-corrected chi connectivity index (χ4v) is 0. The minimum atomic E-state index is -0.139.